The topological polar surface area (TPSA) is 58.6 Å². The summed E-state index contributed by atoms with van der Waals surface area (Å²) in [7, 11) is 0. The molecule has 0 heterocycles. The van der Waals surface area contributed by atoms with Gasteiger partial charge in [-0.05, 0) is 66.1 Å². The number of benzene rings is 3. The van der Waals surface area contributed by atoms with Gasteiger partial charge >= 0.3 is 6.36 Å². The molecule has 1 fully saturated rings. The van der Waals surface area contributed by atoms with Crippen LogP contribution in [-0.2, 0) is 17.8 Å². The van der Waals surface area contributed by atoms with Crippen molar-refractivity contribution in [3.8, 4) is 5.75 Å². The van der Waals surface area contributed by atoms with Crippen LogP contribution in [0.5, 0.6) is 5.75 Å². The van der Waals surface area contributed by atoms with Crippen molar-refractivity contribution in [1.29, 1.82) is 0 Å². The molecular formula is C28H25Cl2F3N2O3. The Balaban J connectivity index is 1.61. The summed E-state index contributed by atoms with van der Waals surface area (Å²) in [6.45, 7) is 1.70. The Morgan fingerprint density at radius 1 is 1.03 bits per heavy atom. The number of rotatable bonds is 9. The van der Waals surface area contributed by atoms with Gasteiger partial charge in [-0.15, -0.1) is 13.2 Å². The monoisotopic (exact) mass is 564 g/mol. The van der Waals surface area contributed by atoms with E-state index in [4.69, 9.17) is 23.2 Å². The average molecular weight is 565 g/mol. The summed E-state index contributed by atoms with van der Waals surface area (Å²) in [4.78, 5) is 27.2. The van der Waals surface area contributed by atoms with Crippen molar-refractivity contribution in [2.45, 2.75) is 45.0 Å². The first kappa shape index (κ1) is 27.8. The first-order chi connectivity index (χ1) is 18.0. The Labute approximate surface area is 228 Å². The second-order valence-electron chi connectivity index (χ2n) is 9.18. The number of hydrogen-bond donors (Lipinski definition) is 1. The highest BCUT2D eigenvalue weighted by Crippen LogP contribution is 2.40. The number of ether oxygens (including phenoxy) is 1. The lowest BCUT2D eigenvalue weighted by atomic mass is 10.1. The molecule has 0 spiro atoms. The Hall–Kier alpha value is -3.23. The zero-order chi connectivity index (χ0) is 27.4. The molecule has 4 rings (SSSR count). The normalized spacial score (nSPS) is 13.2. The van der Waals surface area contributed by atoms with Crippen molar-refractivity contribution < 1.29 is 27.5 Å². The van der Waals surface area contributed by atoms with Gasteiger partial charge in [-0.25, -0.2) is 0 Å². The van der Waals surface area contributed by atoms with Gasteiger partial charge in [-0.2, -0.15) is 0 Å². The van der Waals surface area contributed by atoms with Crippen LogP contribution in [0.4, 0.5) is 18.9 Å². The van der Waals surface area contributed by atoms with E-state index >= 15 is 0 Å². The summed E-state index contributed by atoms with van der Waals surface area (Å²) in [5.41, 5.74) is 2.94. The number of hydrogen-bond acceptors (Lipinski definition) is 3. The van der Waals surface area contributed by atoms with Gasteiger partial charge in [-0.3, -0.25) is 9.59 Å². The maximum absolute atomic E-state index is 13.8. The van der Waals surface area contributed by atoms with Crippen molar-refractivity contribution in [3.63, 3.8) is 0 Å². The summed E-state index contributed by atoms with van der Waals surface area (Å²) in [5, 5.41) is 2.93. The summed E-state index contributed by atoms with van der Waals surface area (Å²) >= 11 is 12.5. The maximum atomic E-state index is 13.8. The largest absolute Gasteiger partial charge is 0.573 e. The maximum Gasteiger partial charge on any atom is 0.573 e. The first-order valence-electron chi connectivity index (χ1n) is 12.0. The van der Waals surface area contributed by atoms with E-state index in [1.54, 1.807) is 11.0 Å². The van der Waals surface area contributed by atoms with Crippen molar-refractivity contribution in [3.05, 3.63) is 93.0 Å². The van der Waals surface area contributed by atoms with Gasteiger partial charge in [-0.1, -0.05) is 59.6 Å². The molecule has 0 aromatic heterocycles. The Morgan fingerprint density at radius 2 is 1.74 bits per heavy atom. The van der Waals surface area contributed by atoms with Gasteiger partial charge in [0.25, 0.3) is 5.91 Å². The molecule has 0 aliphatic heterocycles. The van der Waals surface area contributed by atoms with Gasteiger partial charge in [0.1, 0.15) is 5.75 Å². The fourth-order valence-electron chi connectivity index (χ4n) is 4.16. The van der Waals surface area contributed by atoms with Gasteiger partial charge in [0.05, 0.1) is 16.3 Å². The minimum Gasteiger partial charge on any atom is -0.406 e. The molecule has 1 N–H and O–H groups in total. The molecule has 38 heavy (non-hydrogen) atoms. The number of anilines is 1. The highest BCUT2D eigenvalue weighted by molar-refractivity contribution is 6.38. The SMILES string of the molecule is CC(=O)Nc1c(Cl)cc(Cl)cc1C(=O)N(CCc1cccc(OC(F)(F)F)c1)Cc1ccc(C2CC2)cc1. The van der Waals surface area contributed by atoms with Crippen molar-refractivity contribution in [2.24, 2.45) is 0 Å². The predicted molar refractivity (Wildman–Crippen MR) is 141 cm³/mol. The number of carbonyl (C=O) groups is 2. The number of alkyl halides is 3. The van der Waals surface area contributed by atoms with Gasteiger partial charge in [0.15, 0.2) is 0 Å². The molecule has 0 saturated heterocycles. The van der Waals surface area contributed by atoms with E-state index in [0.29, 0.717) is 11.5 Å². The highest BCUT2D eigenvalue weighted by atomic mass is 35.5. The Kier molecular flexibility index (Phi) is 8.53. The number of carbonyl (C=O) groups excluding carboxylic acids is 2. The third-order valence-corrected chi connectivity index (χ3v) is 6.59. The minimum absolute atomic E-state index is 0.112. The van der Waals surface area contributed by atoms with E-state index in [-0.39, 0.29) is 46.6 Å². The molecular weight excluding hydrogens is 540 g/mol. The van der Waals surface area contributed by atoms with Crippen LogP contribution in [0, 0.1) is 0 Å². The fraction of sp³-hybridized carbons (Fsp3) is 0.286. The van der Waals surface area contributed by atoms with Crippen LogP contribution in [0.1, 0.15) is 52.7 Å². The van der Waals surface area contributed by atoms with Crippen LogP contribution in [-0.4, -0.2) is 29.6 Å². The molecule has 1 aliphatic carbocycles. The molecule has 2 amide bonds. The van der Waals surface area contributed by atoms with Crippen LogP contribution in [0.15, 0.2) is 60.7 Å². The average Bonchev–Trinajstić information content (AvgIpc) is 3.68. The van der Waals surface area contributed by atoms with E-state index < -0.39 is 18.2 Å². The number of nitrogens with zero attached hydrogens (tertiary/aromatic N) is 1. The van der Waals surface area contributed by atoms with Crippen molar-refractivity contribution in [1.82, 2.24) is 4.90 Å². The molecule has 200 valence electrons. The smallest absolute Gasteiger partial charge is 0.406 e. The number of nitrogens with one attached hydrogen (secondary N) is 1. The van der Waals surface area contributed by atoms with Crippen LogP contribution in [0.3, 0.4) is 0 Å². The van der Waals surface area contributed by atoms with Crippen LogP contribution < -0.4 is 10.1 Å². The Morgan fingerprint density at radius 3 is 2.37 bits per heavy atom. The Bertz CT molecular complexity index is 1330. The molecule has 1 aliphatic rings. The van der Waals surface area contributed by atoms with E-state index in [9.17, 15) is 22.8 Å². The third-order valence-electron chi connectivity index (χ3n) is 6.08. The summed E-state index contributed by atoms with van der Waals surface area (Å²) in [6, 6.07) is 16.5. The summed E-state index contributed by atoms with van der Waals surface area (Å²) in [6.07, 6.45) is -2.21. The highest BCUT2D eigenvalue weighted by Gasteiger charge is 2.31. The standard InChI is InChI=1S/C28H25Cl2F3N2O3/c1-17(36)34-26-24(14-22(29)15-25(26)30)27(37)35(16-19-5-7-20(8-6-19)21-9-10-21)12-11-18-3-2-4-23(13-18)38-28(31,32)33/h2-8,13-15,21H,9-12,16H2,1H3,(H,34,36). The molecule has 0 atom stereocenters. The molecule has 3 aromatic carbocycles. The molecule has 1 saturated carbocycles. The lowest BCUT2D eigenvalue weighted by molar-refractivity contribution is -0.274. The lowest BCUT2D eigenvalue weighted by Gasteiger charge is -2.25. The molecule has 3 aromatic rings. The third kappa shape index (κ3) is 7.65. The van der Waals surface area contributed by atoms with Crippen molar-refractivity contribution >= 4 is 40.7 Å². The lowest BCUT2D eigenvalue weighted by Crippen LogP contribution is -2.33. The quantitative estimate of drug-likeness (QED) is 0.291. The van der Waals surface area contributed by atoms with Crippen LogP contribution in [0.25, 0.3) is 0 Å². The van der Waals surface area contributed by atoms with Crippen LogP contribution in [0.2, 0.25) is 10.0 Å². The molecule has 0 radical (unpaired) electrons. The minimum atomic E-state index is -4.81. The molecule has 10 heteroatoms. The summed E-state index contributed by atoms with van der Waals surface area (Å²) in [5.74, 6) is -0.598. The second-order valence-corrected chi connectivity index (χ2v) is 10.0. The van der Waals surface area contributed by atoms with Crippen molar-refractivity contribution in [2.75, 3.05) is 11.9 Å². The van der Waals surface area contributed by atoms with Gasteiger partial charge in [0.2, 0.25) is 5.91 Å². The second kappa shape index (κ2) is 11.7. The molecule has 0 bridgehead atoms. The molecule has 0 unspecified atom stereocenters. The molecule has 5 nitrogen and oxygen atoms in total. The zero-order valence-electron chi connectivity index (χ0n) is 20.4. The van der Waals surface area contributed by atoms with E-state index in [2.05, 4.69) is 10.1 Å². The number of halogens is 5. The predicted octanol–water partition coefficient (Wildman–Crippen LogP) is 7.61. The van der Waals surface area contributed by atoms with Gasteiger partial charge in [0, 0.05) is 25.0 Å². The number of amides is 2. The summed E-state index contributed by atoms with van der Waals surface area (Å²) < 4.78 is 42.0. The van der Waals surface area contributed by atoms with Crippen LogP contribution >= 0.6 is 23.2 Å². The van der Waals surface area contributed by atoms with E-state index in [1.807, 2.05) is 24.3 Å². The van der Waals surface area contributed by atoms with Gasteiger partial charge < -0.3 is 15.0 Å². The zero-order valence-corrected chi connectivity index (χ0v) is 22.0. The van der Waals surface area contributed by atoms with E-state index in [1.165, 1.54) is 55.7 Å². The fourth-order valence-corrected chi connectivity index (χ4v) is 4.70. The first-order valence-corrected chi connectivity index (χ1v) is 12.7. The van der Waals surface area contributed by atoms with E-state index in [0.717, 1.165) is 5.56 Å².